The number of amides is 1. The Morgan fingerprint density at radius 3 is 2.39 bits per heavy atom. The van der Waals surface area contributed by atoms with Crippen molar-refractivity contribution in [3.05, 3.63) is 0 Å². The van der Waals surface area contributed by atoms with Gasteiger partial charge in [0.2, 0.25) is 17.8 Å². The van der Waals surface area contributed by atoms with Gasteiger partial charge in [0.15, 0.2) is 5.16 Å². The smallest absolute Gasteiger partial charge is 0.327 e. The summed E-state index contributed by atoms with van der Waals surface area (Å²) >= 11 is 1.14. The standard InChI is InChI=1S/C13H22N6O3S/c1-5-14-11-17-12(15-7(2)3)19-13(18-11)23-6-9(10(21)22)16-8(4)20/h7,9H,5-6H2,1-4H3,(H,16,20)(H,21,22)(H2,14,15,17,18,19)/t9-/m0/s1/i11+1,12+1,13+1. The van der Waals surface area contributed by atoms with Crippen LogP contribution in [-0.4, -0.2) is 56.3 Å². The van der Waals surface area contributed by atoms with Crippen molar-refractivity contribution in [1.29, 1.82) is 0 Å². The van der Waals surface area contributed by atoms with Crippen LogP contribution in [0.5, 0.6) is 0 Å². The van der Waals surface area contributed by atoms with Crippen LogP contribution in [0.4, 0.5) is 11.9 Å². The van der Waals surface area contributed by atoms with E-state index in [9.17, 15) is 9.59 Å². The first kappa shape index (κ1) is 18.9. The van der Waals surface area contributed by atoms with E-state index in [-0.39, 0.29) is 11.8 Å². The van der Waals surface area contributed by atoms with E-state index in [0.29, 0.717) is 23.6 Å². The molecule has 1 aromatic rings. The fourth-order valence-electron chi connectivity index (χ4n) is 1.56. The van der Waals surface area contributed by atoms with Crippen molar-refractivity contribution in [2.24, 2.45) is 0 Å². The molecule has 1 aromatic heterocycles. The molecule has 1 rings (SSSR count). The number of aliphatic carboxylic acids is 1. The highest BCUT2D eigenvalue weighted by molar-refractivity contribution is 7.99. The Labute approximate surface area is 139 Å². The average molecular weight is 345 g/mol. The van der Waals surface area contributed by atoms with Crippen LogP contribution in [0.2, 0.25) is 0 Å². The van der Waals surface area contributed by atoms with Gasteiger partial charge in [-0.2, -0.15) is 15.0 Å². The minimum absolute atomic E-state index is 0.117. The third-order valence-corrected chi connectivity index (χ3v) is 3.36. The van der Waals surface area contributed by atoms with Gasteiger partial charge in [-0.05, 0) is 20.8 Å². The molecule has 1 amide bonds. The Bertz CT molecular complexity index is 555. The fraction of sp³-hybridized carbons (Fsp3) is 0.615. The van der Waals surface area contributed by atoms with Gasteiger partial charge in [0.05, 0.1) is 0 Å². The van der Waals surface area contributed by atoms with Gasteiger partial charge in [0, 0.05) is 25.3 Å². The molecule has 4 N–H and O–H groups in total. The number of nitrogens with zero attached hydrogens (tertiary/aromatic N) is 3. The summed E-state index contributed by atoms with van der Waals surface area (Å²) in [6.07, 6.45) is 0. The molecule has 23 heavy (non-hydrogen) atoms. The molecule has 0 aliphatic heterocycles. The minimum atomic E-state index is -1.10. The lowest BCUT2D eigenvalue weighted by Gasteiger charge is -2.14. The maximum atomic E-state index is 11.1. The molecule has 10 heteroatoms. The van der Waals surface area contributed by atoms with Crippen LogP contribution in [-0.2, 0) is 9.59 Å². The van der Waals surface area contributed by atoms with Crippen molar-refractivity contribution < 1.29 is 14.7 Å². The number of anilines is 2. The predicted octanol–water partition coefficient (Wildman–Crippen LogP) is 0.805. The van der Waals surface area contributed by atoms with Crippen molar-refractivity contribution in [3.63, 3.8) is 0 Å². The molecular formula is C13H22N6O3S. The number of nitrogens with one attached hydrogen (secondary N) is 3. The minimum Gasteiger partial charge on any atom is -0.480 e. The van der Waals surface area contributed by atoms with E-state index in [1.54, 1.807) is 0 Å². The Morgan fingerprint density at radius 2 is 1.87 bits per heavy atom. The zero-order valence-corrected chi connectivity index (χ0v) is 14.4. The van der Waals surface area contributed by atoms with Crippen LogP contribution in [0.25, 0.3) is 0 Å². The van der Waals surface area contributed by atoms with E-state index < -0.39 is 17.9 Å². The number of aromatic nitrogens is 3. The molecule has 128 valence electrons. The molecule has 0 spiro atoms. The van der Waals surface area contributed by atoms with Crippen LogP contribution in [0, 0.1) is 0 Å². The molecule has 0 aliphatic rings. The zero-order chi connectivity index (χ0) is 17.4. The fourth-order valence-corrected chi connectivity index (χ4v) is 2.40. The van der Waals surface area contributed by atoms with Crippen LogP contribution in [0.15, 0.2) is 5.16 Å². The second-order valence-corrected chi connectivity index (χ2v) is 5.98. The quantitative estimate of drug-likeness (QED) is 0.480. The number of thioether (sulfide) groups is 1. The van der Waals surface area contributed by atoms with Crippen LogP contribution in [0.3, 0.4) is 0 Å². The van der Waals surface area contributed by atoms with E-state index in [0.717, 1.165) is 11.8 Å². The van der Waals surface area contributed by atoms with Gasteiger partial charge in [-0.3, -0.25) is 4.79 Å². The van der Waals surface area contributed by atoms with E-state index in [1.807, 2.05) is 20.8 Å². The number of hydrogen-bond donors (Lipinski definition) is 4. The normalized spacial score (nSPS) is 11.9. The third kappa shape index (κ3) is 7.13. The zero-order valence-electron chi connectivity index (χ0n) is 13.6. The summed E-state index contributed by atoms with van der Waals surface area (Å²) in [5.74, 6) is -0.552. The van der Waals surface area contributed by atoms with Gasteiger partial charge in [-0.1, -0.05) is 11.8 Å². The summed E-state index contributed by atoms with van der Waals surface area (Å²) in [5.41, 5.74) is 0. The van der Waals surface area contributed by atoms with E-state index >= 15 is 0 Å². The Morgan fingerprint density at radius 1 is 1.22 bits per heavy atom. The molecule has 0 aliphatic carbocycles. The van der Waals surface area contributed by atoms with Gasteiger partial charge < -0.3 is 21.1 Å². The second-order valence-electron chi connectivity index (χ2n) is 5.00. The third-order valence-electron chi connectivity index (χ3n) is 2.42. The number of carbonyl (C=O) groups is 2. The lowest BCUT2D eigenvalue weighted by atomic mass is 10.3. The molecule has 1 heterocycles. The van der Waals surface area contributed by atoms with E-state index in [1.165, 1.54) is 6.92 Å². The Balaban J connectivity index is 2.86. The number of hydrogen-bond acceptors (Lipinski definition) is 8. The predicted molar refractivity (Wildman–Crippen MR) is 88.7 cm³/mol. The maximum absolute atomic E-state index is 11.1. The van der Waals surface area contributed by atoms with E-state index in [2.05, 4.69) is 30.9 Å². The SMILES string of the molecule is CCN[13c]1n[13c](NC(C)C)n[13c](SC[C@H](NC(C)=O)C(=O)O)n1. The van der Waals surface area contributed by atoms with Gasteiger partial charge in [0.1, 0.15) is 6.04 Å². The molecule has 0 aromatic carbocycles. The second kappa shape index (κ2) is 9.13. The van der Waals surface area contributed by atoms with Crippen molar-refractivity contribution in [1.82, 2.24) is 20.3 Å². The van der Waals surface area contributed by atoms with Crippen molar-refractivity contribution in [2.75, 3.05) is 22.9 Å². The molecule has 9 nitrogen and oxygen atoms in total. The summed E-state index contributed by atoms with van der Waals surface area (Å²) in [4.78, 5) is 34.9. The van der Waals surface area contributed by atoms with Gasteiger partial charge in [-0.15, -0.1) is 0 Å². The molecule has 0 unspecified atom stereocenters. The molecule has 0 fully saturated rings. The number of carboxylic acid groups (broad SMARTS) is 1. The van der Waals surface area contributed by atoms with Crippen LogP contribution in [0.1, 0.15) is 27.7 Å². The summed E-state index contributed by atoms with van der Waals surface area (Å²) in [5, 5.41) is 18.0. The van der Waals surface area contributed by atoms with Crippen molar-refractivity contribution in [2.45, 2.75) is 44.9 Å². The topological polar surface area (TPSA) is 129 Å². The molecule has 0 bridgehead atoms. The highest BCUT2D eigenvalue weighted by atomic mass is 32.2. The molecule has 1 atom stereocenters. The highest BCUT2D eigenvalue weighted by Gasteiger charge is 2.19. The maximum Gasteiger partial charge on any atom is 0.327 e. The number of carboxylic acids is 1. The monoisotopic (exact) mass is 345 g/mol. The Hall–Kier alpha value is -2.10. The lowest BCUT2D eigenvalue weighted by molar-refractivity contribution is -0.140. The molecule has 0 saturated carbocycles. The molecule has 0 saturated heterocycles. The van der Waals surface area contributed by atoms with Crippen molar-refractivity contribution >= 4 is 35.5 Å². The van der Waals surface area contributed by atoms with Gasteiger partial charge >= 0.3 is 5.97 Å². The van der Waals surface area contributed by atoms with Gasteiger partial charge in [0.25, 0.3) is 0 Å². The largest absolute Gasteiger partial charge is 0.480 e. The summed E-state index contributed by atoms with van der Waals surface area (Å²) in [7, 11) is 0. The van der Waals surface area contributed by atoms with Crippen LogP contribution >= 0.6 is 11.8 Å². The van der Waals surface area contributed by atoms with E-state index in [4.69, 9.17) is 5.11 Å². The molecular weight excluding hydrogens is 323 g/mol. The molecule has 0 radical (unpaired) electrons. The Kier molecular flexibility index (Phi) is 7.52. The lowest BCUT2D eigenvalue weighted by Crippen LogP contribution is -2.41. The first-order chi connectivity index (χ1) is 10.8. The number of carbonyl (C=O) groups excluding carboxylic acids is 1. The number of rotatable bonds is 9. The summed E-state index contributed by atoms with van der Waals surface area (Å²) in [6.45, 7) is 7.77. The first-order valence-corrected chi connectivity index (χ1v) is 8.19. The first-order valence-electron chi connectivity index (χ1n) is 7.21. The summed E-state index contributed by atoms with van der Waals surface area (Å²) in [6, 6.07) is -0.853. The highest BCUT2D eigenvalue weighted by Crippen LogP contribution is 2.18. The van der Waals surface area contributed by atoms with Crippen LogP contribution < -0.4 is 16.0 Å². The van der Waals surface area contributed by atoms with Gasteiger partial charge in [-0.25, -0.2) is 4.79 Å². The average Bonchev–Trinajstić information content (AvgIpc) is 2.42. The van der Waals surface area contributed by atoms with Crippen molar-refractivity contribution in [3.8, 4) is 0 Å². The summed E-state index contributed by atoms with van der Waals surface area (Å²) < 4.78 is 0.